The molecule has 78 valence electrons. The number of nitrogens with two attached hydrogens (primary N) is 1. The number of imidazole rings is 1. The molecule has 0 unspecified atom stereocenters. The average molecular weight is 201 g/mol. The van der Waals surface area contributed by atoms with Gasteiger partial charge in [0, 0.05) is 12.4 Å². The molecule has 15 heavy (non-hydrogen) atoms. The maximum atomic E-state index is 5.72. The van der Waals surface area contributed by atoms with Crippen molar-refractivity contribution in [3.63, 3.8) is 0 Å². The number of benzene rings is 1. The van der Waals surface area contributed by atoms with Crippen LogP contribution in [-0.4, -0.2) is 9.55 Å². The van der Waals surface area contributed by atoms with Crippen LogP contribution in [0.3, 0.4) is 0 Å². The van der Waals surface area contributed by atoms with E-state index in [2.05, 4.69) is 37.0 Å². The molecule has 0 fully saturated rings. The first-order valence-corrected chi connectivity index (χ1v) is 4.99. The van der Waals surface area contributed by atoms with Crippen LogP contribution in [-0.2, 0) is 6.54 Å². The van der Waals surface area contributed by atoms with Gasteiger partial charge in [0.1, 0.15) is 0 Å². The molecule has 3 heteroatoms. The van der Waals surface area contributed by atoms with Crippen LogP contribution in [0.1, 0.15) is 16.7 Å². The Hall–Kier alpha value is -1.77. The molecule has 2 N–H and O–H groups in total. The van der Waals surface area contributed by atoms with Crippen LogP contribution in [0, 0.1) is 13.8 Å². The van der Waals surface area contributed by atoms with Gasteiger partial charge in [-0.3, -0.25) is 0 Å². The lowest BCUT2D eigenvalue weighted by Crippen LogP contribution is -2.03. The molecule has 0 aliphatic carbocycles. The van der Waals surface area contributed by atoms with Gasteiger partial charge in [0.15, 0.2) is 5.95 Å². The van der Waals surface area contributed by atoms with Crippen molar-refractivity contribution < 1.29 is 0 Å². The average Bonchev–Trinajstić information content (AvgIpc) is 2.50. The Bertz CT molecular complexity index is 451. The third kappa shape index (κ3) is 2.18. The van der Waals surface area contributed by atoms with Gasteiger partial charge >= 0.3 is 0 Å². The Morgan fingerprint density at radius 3 is 2.40 bits per heavy atom. The predicted octanol–water partition coefficient (Wildman–Crippen LogP) is 2.13. The van der Waals surface area contributed by atoms with Gasteiger partial charge in [-0.1, -0.05) is 29.3 Å². The van der Waals surface area contributed by atoms with Crippen molar-refractivity contribution in [2.45, 2.75) is 20.4 Å². The van der Waals surface area contributed by atoms with E-state index < -0.39 is 0 Å². The third-order valence-electron chi connectivity index (χ3n) is 2.38. The summed E-state index contributed by atoms with van der Waals surface area (Å²) in [6, 6.07) is 6.51. The van der Waals surface area contributed by atoms with Crippen molar-refractivity contribution in [2.24, 2.45) is 0 Å². The lowest BCUT2D eigenvalue weighted by molar-refractivity contribution is 0.809. The highest BCUT2D eigenvalue weighted by Crippen LogP contribution is 2.11. The van der Waals surface area contributed by atoms with Crippen LogP contribution in [0.25, 0.3) is 0 Å². The number of hydrogen-bond acceptors (Lipinski definition) is 2. The van der Waals surface area contributed by atoms with Gasteiger partial charge in [-0.25, -0.2) is 4.98 Å². The van der Waals surface area contributed by atoms with Gasteiger partial charge in [-0.15, -0.1) is 0 Å². The number of nitrogen functional groups attached to an aromatic ring is 1. The molecule has 0 aliphatic rings. The highest BCUT2D eigenvalue weighted by Gasteiger charge is 2.00. The highest BCUT2D eigenvalue weighted by molar-refractivity contribution is 5.30. The summed E-state index contributed by atoms with van der Waals surface area (Å²) in [6.07, 6.45) is 3.62. The molecule has 0 saturated carbocycles. The standard InChI is InChI=1S/C12H15N3/c1-9-5-10(2)7-11(6-9)8-15-4-3-14-12(15)13/h3-7H,8H2,1-2H3,(H2,13,14). The molecule has 0 atom stereocenters. The van der Waals surface area contributed by atoms with Gasteiger partial charge in [0.2, 0.25) is 0 Å². The van der Waals surface area contributed by atoms with Crippen LogP contribution in [0.2, 0.25) is 0 Å². The molecule has 0 radical (unpaired) electrons. The molecular formula is C12H15N3. The Labute approximate surface area is 89.6 Å². The fourth-order valence-corrected chi connectivity index (χ4v) is 1.83. The second-order valence-electron chi connectivity index (χ2n) is 3.91. The number of anilines is 1. The Morgan fingerprint density at radius 1 is 1.20 bits per heavy atom. The lowest BCUT2D eigenvalue weighted by atomic mass is 10.1. The third-order valence-corrected chi connectivity index (χ3v) is 2.38. The van der Waals surface area contributed by atoms with Gasteiger partial charge < -0.3 is 10.3 Å². The summed E-state index contributed by atoms with van der Waals surface area (Å²) >= 11 is 0. The van der Waals surface area contributed by atoms with E-state index in [1.807, 2.05) is 10.8 Å². The number of nitrogens with zero attached hydrogens (tertiary/aromatic N) is 2. The first kappa shape index (κ1) is 9.77. The van der Waals surface area contributed by atoms with Crippen molar-refractivity contribution in [1.82, 2.24) is 9.55 Å². The topological polar surface area (TPSA) is 43.8 Å². The molecule has 0 aliphatic heterocycles. The van der Waals surface area contributed by atoms with Crippen molar-refractivity contribution >= 4 is 5.95 Å². The summed E-state index contributed by atoms with van der Waals surface area (Å²) in [5.74, 6) is 0.564. The van der Waals surface area contributed by atoms with Crippen molar-refractivity contribution in [2.75, 3.05) is 5.73 Å². The molecule has 1 aromatic heterocycles. The zero-order valence-electron chi connectivity index (χ0n) is 9.07. The van der Waals surface area contributed by atoms with Gasteiger partial charge in [-0.2, -0.15) is 0 Å². The maximum absolute atomic E-state index is 5.72. The van der Waals surface area contributed by atoms with Gasteiger partial charge in [0.25, 0.3) is 0 Å². The van der Waals surface area contributed by atoms with E-state index >= 15 is 0 Å². The van der Waals surface area contributed by atoms with Crippen LogP contribution >= 0.6 is 0 Å². The SMILES string of the molecule is Cc1cc(C)cc(Cn2ccnc2N)c1. The molecule has 0 spiro atoms. The van der Waals surface area contributed by atoms with E-state index in [-0.39, 0.29) is 0 Å². The summed E-state index contributed by atoms with van der Waals surface area (Å²) in [5.41, 5.74) is 9.54. The maximum Gasteiger partial charge on any atom is 0.200 e. The first-order valence-electron chi connectivity index (χ1n) is 4.99. The second kappa shape index (κ2) is 3.77. The fourth-order valence-electron chi connectivity index (χ4n) is 1.83. The molecule has 0 bridgehead atoms. The number of hydrogen-bond donors (Lipinski definition) is 1. The fraction of sp³-hybridized carbons (Fsp3) is 0.250. The lowest BCUT2D eigenvalue weighted by Gasteiger charge is -2.07. The Morgan fingerprint density at radius 2 is 1.87 bits per heavy atom. The molecule has 1 heterocycles. The van der Waals surface area contributed by atoms with E-state index in [9.17, 15) is 0 Å². The zero-order chi connectivity index (χ0) is 10.8. The number of aryl methyl sites for hydroxylation is 2. The van der Waals surface area contributed by atoms with E-state index in [0.717, 1.165) is 6.54 Å². The van der Waals surface area contributed by atoms with Crippen LogP contribution < -0.4 is 5.73 Å². The zero-order valence-corrected chi connectivity index (χ0v) is 9.07. The monoisotopic (exact) mass is 201 g/mol. The normalized spacial score (nSPS) is 10.5. The minimum atomic E-state index is 0.564. The van der Waals surface area contributed by atoms with Crippen molar-refractivity contribution in [1.29, 1.82) is 0 Å². The quantitative estimate of drug-likeness (QED) is 0.808. The molecule has 3 nitrogen and oxygen atoms in total. The van der Waals surface area contributed by atoms with E-state index in [1.165, 1.54) is 16.7 Å². The summed E-state index contributed by atoms with van der Waals surface area (Å²) in [7, 11) is 0. The summed E-state index contributed by atoms with van der Waals surface area (Å²) in [4.78, 5) is 4.00. The van der Waals surface area contributed by atoms with Crippen molar-refractivity contribution in [3.8, 4) is 0 Å². The predicted molar refractivity (Wildman–Crippen MR) is 61.7 cm³/mol. The van der Waals surface area contributed by atoms with Crippen LogP contribution in [0.4, 0.5) is 5.95 Å². The molecular weight excluding hydrogens is 186 g/mol. The molecule has 1 aromatic carbocycles. The molecule has 2 rings (SSSR count). The Balaban J connectivity index is 2.28. The van der Waals surface area contributed by atoms with E-state index in [0.29, 0.717) is 5.95 Å². The van der Waals surface area contributed by atoms with Crippen molar-refractivity contribution in [3.05, 3.63) is 47.3 Å². The summed E-state index contributed by atoms with van der Waals surface area (Å²) in [6.45, 7) is 5.00. The van der Waals surface area contributed by atoms with Crippen LogP contribution in [0.5, 0.6) is 0 Å². The van der Waals surface area contributed by atoms with E-state index in [4.69, 9.17) is 5.73 Å². The van der Waals surface area contributed by atoms with Gasteiger partial charge in [0.05, 0.1) is 6.54 Å². The number of aromatic nitrogens is 2. The van der Waals surface area contributed by atoms with E-state index in [1.54, 1.807) is 6.20 Å². The Kier molecular flexibility index (Phi) is 2.46. The highest BCUT2D eigenvalue weighted by atomic mass is 15.1. The minimum Gasteiger partial charge on any atom is -0.369 e. The molecule has 0 saturated heterocycles. The first-order chi connectivity index (χ1) is 7.15. The molecule has 2 aromatic rings. The molecule has 0 amide bonds. The van der Waals surface area contributed by atoms with Gasteiger partial charge in [-0.05, 0) is 19.4 Å². The number of rotatable bonds is 2. The largest absolute Gasteiger partial charge is 0.369 e. The summed E-state index contributed by atoms with van der Waals surface area (Å²) < 4.78 is 1.94. The smallest absolute Gasteiger partial charge is 0.200 e. The van der Waals surface area contributed by atoms with Crippen LogP contribution in [0.15, 0.2) is 30.6 Å². The summed E-state index contributed by atoms with van der Waals surface area (Å²) in [5, 5.41) is 0. The minimum absolute atomic E-state index is 0.564. The second-order valence-corrected chi connectivity index (χ2v) is 3.91.